The molecule has 0 aliphatic heterocycles. The van der Waals surface area contributed by atoms with Crippen LogP contribution in [0, 0.1) is 11.3 Å². The number of hydrogen-bond donors (Lipinski definition) is 1. The second-order valence-corrected chi connectivity index (χ2v) is 6.16. The molecular weight excluding hydrogens is 234 g/mol. The molecule has 3 rings (SSSR count). The first-order valence-corrected chi connectivity index (χ1v) is 7.23. The molecule has 2 aliphatic rings. The quantitative estimate of drug-likeness (QED) is 0.808. The van der Waals surface area contributed by atoms with E-state index in [1.165, 1.54) is 32.1 Å². The van der Waals surface area contributed by atoms with Crippen LogP contribution in [-0.4, -0.2) is 5.91 Å². The molecule has 2 nitrogen and oxygen atoms in total. The van der Waals surface area contributed by atoms with Crippen LogP contribution in [0.15, 0.2) is 42.0 Å². The fourth-order valence-corrected chi connectivity index (χ4v) is 3.71. The van der Waals surface area contributed by atoms with Gasteiger partial charge in [0.1, 0.15) is 0 Å². The van der Waals surface area contributed by atoms with Gasteiger partial charge in [0.25, 0.3) is 5.91 Å². The number of anilines is 1. The fourth-order valence-electron chi connectivity index (χ4n) is 3.71. The Morgan fingerprint density at radius 1 is 1.26 bits per heavy atom. The minimum Gasteiger partial charge on any atom is -0.322 e. The third-order valence-corrected chi connectivity index (χ3v) is 4.71. The van der Waals surface area contributed by atoms with Crippen LogP contribution >= 0.6 is 0 Å². The number of benzene rings is 1. The molecule has 2 bridgehead atoms. The van der Waals surface area contributed by atoms with Crippen LogP contribution in [-0.2, 0) is 4.79 Å². The molecule has 2 aliphatic carbocycles. The van der Waals surface area contributed by atoms with Crippen LogP contribution in [0.5, 0.6) is 0 Å². The minimum absolute atomic E-state index is 0.0379. The number of fused-ring (bicyclic) bond motifs is 2. The summed E-state index contributed by atoms with van der Waals surface area (Å²) in [4.78, 5) is 12.2. The monoisotopic (exact) mass is 255 g/mol. The Bertz CT molecular complexity index is 495. The Morgan fingerprint density at radius 3 is 2.53 bits per heavy atom. The lowest BCUT2D eigenvalue weighted by Gasteiger charge is -2.23. The normalized spacial score (nSPS) is 29.5. The second-order valence-electron chi connectivity index (χ2n) is 6.16. The zero-order valence-electron chi connectivity index (χ0n) is 11.5. The lowest BCUT2D eigenvalue weighted by Crippen LogP contribution is -2.17. The molecule has 0 spiro atoms. The van der Waals surface area contributed by atoms with E-state index in [4.69, 9.17) is 0 Å². The summed E-state index contributed by atoms with van der Waals surface area (Å²) < 4.78 is 0. The van der Waals surface area contributed by atoms with Crippen molar-refractivity contribution < 1.29 is 4.79 Å². The van der Waals surface area contributed by atoms with Gasteiger partial charge in [-0.25, -0.2) is 0 Å². The van der Waals surface area contributed by atoms with E-state index in [2.05, 4.69) is 11.4 Å². The zero-order chi connectivity index (χ0) is 13.3. The molecule has 0 aromatic heterocycles. The summed E-state index contributed by atoms with van der Waals surface area (Å²) in [6.45, 7) is 1.94. The molecule has 0 unspecified atom stereocenters. The van der Waals surface area contributed by atoms with Crippen molar-refractivity contribution in [3.63, 3.8) is 0 Å². The van der Waals surface area contributed by atoms with Crippen LogP contribution in [0.25, 0.3) is 0 Å². The van der Waals surface area contributed by atoms with Crippen LogP contribution in [0.3, 0.4) is 0 Å². The van der Waals surface area contributed by atoms with Gasteiger partial charge in [-0.2, -0.15) is 0 Å². The highest BCUT2D eigenvalue weighted by Crippen LogP contribution is 2.55. The highest BCUT2D eigenvalue weighted by molar-refractivity contribution is 6.03. The number of hydrogen-bond acceptors (Lipinski definition) is 1. The summed E-state index contributed by atoms with van der Waals surface area (Å²) in [6.07, 6.45) is 8.79. The summed E-state index contributed by atoms with van der Waals surface area (Å²) in [5, 5.41) is 2.96. The maximum absolute atomic E-state index is 12.2. The second kappa shape index (κ2) is 4.84. The average Bonchev–Trinajstić information content (AvgIpc) is 2.99. The standard InChI is InChI=1S/C17H21NO/c1-13(11-17-9-7-14(12-17)8-10-17)16(19)18-15-5-3-2-4-6-15/h2-6,11,14H,7-10,12H2,1H3,(H,18,19). The maximum atomic E-state index is 12.2. The molecular formula is C17H21NO. The van der Waals surface area contributed by atoms with E-state index in [1.807, 2.05) is 37.3 Å². The van der Waals surface area contributed by atoms with E-state index in [0.717, 1.165) is 17.2 Å². The number of para-hydroxylation sites is 1. The van der Waals surface area contributed by atoms with Gasteiger partial charge in [-0.05, 0) is 62.5 Å². The number of carbonyl (C=O) groups excluding carboxylic acids is 1. The first-order valence-electron chi connectivity index (χ1n) is 7.23. The smallest absolute Gasteiger partial charge is 0.250 e. The van der Waals surface area contributed by atoms with Crippen molar-refractivity contribution in [2.24, 2.45) is 11.3 Å². The molecule has 1 N–H and O–H groups in total. The van der Waals surface area contributed by atoms with Gasteiger partial charge in [-0.15, -0.1) is 0 Å². The van der Waals surface area contributed by atoms with Gasteiger partial charge in [0.15, 0.2) is 0 Å². The number of allylic oxidation sites excluding steroid dienone is 1. The molecule has 1 amide bonds. The van der Waals surface area contributed by atoms with E-state index < -0.39 is 0 Å². The van der Waals surface area contributed by atoms with E-state index in [-0.39, 0.29) is 5.91 Å². The topological polar surface area (TPSA) is 29.1 Å². The lowest BCUT2D eigenvalue weighted by atomic mass is 9.82. The number of nitrogens with one attached hydrogen (secondary N) is 1. The van der Waals surface area contributed by atoms with Gasteiger partial charge in [0, 0.05) is 11.3 Å². The van der Waals surface area contributed by atoms with E-state index >= 15 is 0 Å². The number of rotatable bonds is 3. The highest BCUT2D eigenvalue weighted by atomic mass is 16.1. The van der Waals surface area contributed by atoms with Gasteiger partial charge in [-0.3, -0.25) is 4.79 Å². The zero-order valence-corrected chi connectivity index (χ0v) is 11.5. The van der Waals surface area contributed by atoms with Crippen molar-refractivity contribution in [2.75, 3.05) is 5.32 Å². The van der Waals surface area contributed by atoms with Crippen molar-refractivity contribution in [3.8, 4) is 0 Å². The Kier molecular flexibility index (Phi) is 3.17. The SMILES string of the molecule is CC(=CC12CCC(CC1)C2)C(=O)Nc1ccccc1. The maximum Gasteiger partial charge on any atom is 0.250 e. The van der Waals surface area contributed by atoms with Crippen LogP contribution < -0.4 is 5.32 Å². The molecule has 1 aromatic carbocycles. The van der Waals surface area contributed by atoms with E-state index in [0.29, 0.717) is 5.41 Å². The third kappa shape index (κ3) is 2.58. The van der Waals surface area contributed by atoms with Gasteiger partial charge in [0.05, 0.1) is 0 Å². The predicted octanol–water partition coefficient (Wildman–Crippen LogP) is 4.15. The average molecular weight is 255 g/mol. The predicted molar refractivity (Wildman–Crippen MR) is 77.8 cm³/mol. The molecule has 0 heterocycles. The Balaban J connectivity index is 1.70. The van der Waals surface area contributed by atoms with Gasteiger partial charge in [-0.1, -0.05) is 24.3 Å². The molecule has 0 saturated heterocycles. The van der Waals surface area contributed by atoms with Crippen molar-refractivity contribution >= 4 is 11.6 Å². The third-order valence-electron chi connectivity index (χ3n) is 4.71. The van der Waals surface area contributed by atoms with E-state index in [9.17, 15) is 4.79 Å². The molecule has 2 saturated carbocycles. The summed E-state index contributed by atoms with van der Waals surface area (Å²) >= 11 is 0. The summed E-state index contributed by atoms with van der Waals surface area (Å²) in [5.41, 5.74) is 2.07. The Morgan fingerprint density at radius 2 is 1.95 bits per heavy atom. The first-order chi connectivity index (χ1) is 9.17. The molecule has 2 heteroatoms. The number of amides is 1. The van der Waals surface area contributed by atoms with Gasteiger partial charge >= 0.3 is 0 Å². The molecule has 0 atom stereocenters. The van der Waals surface area contributed by atoms with Gasteiger partial charge in [0.2, 0.25) is 0 Å². The first kappa shape index (κ1) is 12.5. The van der Waals surface area contributed by atoms with Crippen LogP contribution in [0.1, 0.15) is 39.0 Å². The molecule has 1 aromatic rings. The molecule has 2 fully saturated rings. The Hall–Kier alpha value is -1.57. The number of carbonyl (C=O) groups is 1. The van der Waals surface area contributed by atoms with E-state index in [1.54, 1.807) is 0 Å². The fraction of sp³-hybridized carbons (Fsp3) is 0.471. The van der Waals surface area contributed by atoms with Crippen molar-refractivity contribution in [1.29, 1.82) is 0 Å². The van der Waals surface area contributed by atoms with Crippen molar-refractivity contribution in [3.05, 3.63) is 42.0 Å². The van der Waals surface area contributed by atoms with Gasteiger partial charge < -0.3 is 5.32 Å². The van der Waals surface area contributed by atoms with Crippen LogP contribution in [0.2, 0.25) is 0 Å². The highest BCUT2D eigenvalue weighted by Gasteiger charge is 2.43. The molecule has 100 valence electrons. The van der Waals surface area contributed by atoms with Crippen molar-refractivity contribution in [2.45, 2.75) is 39.0 Å². The summed E-state index contributed by atoms with van der Waals surface area (Å²) in [5.74, 6) is 0.956. The van der Waals surface area contributed by atoms with Crippen LogP contribution in [0.4, 0.5) is 5.69 Å². The Labute approximate surface area is 114 Å². The minimum atomic E-state index is 0.0379. The molecule has 19 heavy (non-hydrogen) atoms. The molecule has 0 radical (unpaired) electrons. The summed E-state index contributed by atoms with van der Waals surface area (Å²) in [6, 6.07) is 9.67. The summed E-state index contributed by atoms with van der Waals surface area (Å²) in [7, 11) is 0. The largest absolute Gasteiger partial charge is 0.322 e. The lowest BCUT2D eigenvalue weighted by molar-refractivity contribution is -0.112. The van der Waals surface area contributed by atoms with Crippen molar-refractivity contribution in [1.82, 2.24) is 0 Å².